The van der Waals surface area contributed by atoms with Gasteiger partial charge in [0.2, 0.25) is 0 Å². The molecule has 7 heteroatoms. The average Bonchev–Trinajstić information content (AvgIpc) is 2.43. The van der Waals surface area contributed by atoms with E-state index in [0.717, 1.165) is 18.2 Å². The van der Waals surface area contributed by atoms with Crippen LogP contribution in [0, 0.1) is 5.82 Å². The molecule has 0 spiro atoms. The number of amides is 1. The SMILES string of the molecule is O=C(O)c1ccc(NC(=O)c2cc(Cl)ccc2F)c(O)c1. The molecule has 3 N–H and O–H groups in total. The molecule has 0 atom stereocenters. The van der Waals surface area contributed by atoms with E-state index in [9.17, 15) is 19.1 Å². The standard InChI is InChI=1S/C14H9ClFNO4/c15-8-2-3-10(16)9(6-8)13(19)17-11-4-1-7(14(20)21)5-12(11)18/h1-6,18H,(H,17,19)(H,20,21). The number of carboxylic acids is 1. The number of carbonyl (C=O) groups is 2. The fourth-order valence-corrected chi connectivity index (χ4v) is 1.80. The second kappa shape index (κ2) is 5.80. The second-order valence-corrected chi connectivity index (χ2v) is 4.55. The number of benzene rings is 2. The molecular formula is C14H9ClFNO4. The van der Waals surface area contributed by atoms with Gasteiger partial charge in [0.25, 0.3) is 5.91 Å². The van der Waals surface area contributed by atoms with Crippen LogP contribution in [-0.2, 0) is 0 Å². The molecule has 0 heterocycles. The zero-order chi connectivity index (χ0) is 15.6. The first-order valence-electron chi connectivity index (χ1n) is 5.71. The molecule has 2 aromatic carbocycles. The minimum atomic E-state index is -1.22. The van der Waals surface area contributed by atoms with Crippen molar-refractivity contribution in [2.45, 2.75) is 0 Å². The van der Waals surface area contributed by atoms with Crippen molar-refractivity contribution in [1.29, 1.82) is 0 Å². The molecule has 0 aliphatic rings. The smallest absolute Gasteiger partial charge is 0.335 e. The number of nitrogens with one attached hydrogen (secondary N) is 1. The summed E-state index contributed by atoms with van der Waals surface area (Å²) in [6.07, 6.45) is 0. The number of aromatic carboxylic acids is 1. The van der Waals surface area contributed by atoms with Gasteiger partial charge in [0.1, 0.15) is 11.6 Å². The lowest BCUT2D eigenvalue weighted by molar-refractivity contribution is 0.0696. The Labute approximate surface area is 123 Å². The van der Waals surface area contributed by atoms with E-state index in [-0.39, 0.29) is 21.8 Å². The number of anilines is 1. The summed E-state index contributed by atoms with van der Waals surface area (Å²) in [4.78, 5) is 22.6. The van der Waals surface area contributed by atoms with Crippen molar-refractivity contribution in [3.05, 3.63) is 58.4 Å². The molecule has 0 bridgehead atoms. The lowest BCUT2D eigenvalue weighted by atomic mass is 10.1. The van der Waals surface area contributed by atoms with Gasteiger partial charge in [-0.2, -0.15) is 0 Å². The maximum absolute atomic E-state index is 13.5. The minimum absolute atomic E-state index is 0.0376. The van der Waals surface area contributed by atoms with E-state index in [1.165, 1.54) is 18.2 Å². The fourth-order valence-electron chi connectivity index (χ4n) is 1.63. The maximum atomic E-state index is 13.5. The first-order valence-corrected chi connectivity index (χ1v) is 6.09. The summed E-state index contributed by atoms with van der Waals surface area (Å²) in [5, 5.41) is 20.9. The van der Waals surface area contributed by atoms with E-state index in [1.807, 2.05) is 0 Å². The molecule has 0 aliphatic carbocycles. The Kier molecular flexibility index (Phi) is 4.09. The number of hydrogen-bond acceptors (Lipinski definition) is 3. The van der Waals surface area contributed by atoms with Crippen molar-refractivity contribution >= 4 is 29.2 Å². The molecule has 2 rings (SSSR count). The van der Waals surface area contributed by atoms with E-state index in [0.29, 0.717) is 0 Å². The van der Waals surface area contributed by atoms with E-state index in [2.05, 4.69) is 5.32 Å². The van der Waals surface area contributed by atoms with Gasteiger partial charge in [-0.15, -0.1) is 0 Å². The van der Waals surface area contributed by atoms with Gasteiger partial charge in [-0.3, -0.25) is 4.79 Å². The van der Waals surface area contributed by atoms with Gasteiger partial charge in [0.05, 0.1) is 16.8 Å². The van der Waals surface area contributed by atoms with E-state index in [1.54, 1.807) is 0 Å². The van der Waals surface area contributed by atoms with Crippen LogP contribution in [-0.4, -0.2) is 22.1 Å². The normalized spacial score (nSPS) is 10.2. The molecule has 0 saturated carbocycles. The predicted octanol–water partition coefficient (Wildman–Crippen LogP) is 3.14. The molecular weight excluding hydrogens is 301 g/mol. The van der Waals surface area contributed by atoms with Gasteiger partial charge >= 0.3 is 5.97 Å². The van der Waals surface area contributed by atoms with Gasteiger partial charge in [0, 0.05) is 5.02 Å². The number of phenols is 1. The van der Waals surface area contributed by atoms with E-state index >= 15 is 0 Å². The molecule has 0 fully saturated rings. The highest BCUT2D eigenvalue weighted by Crippen LogP contribution is 2.25. The third-order valence-corrected chi connectivity index (χ3v) is 2.90. The highest BCUT2D eigenvalue weighted by molar-refractivity contribution is 6.31. The zero-order valence-corrected chi connectivity index (χ0v) is 11.2. The molecule has 0 saturated heterocycles. The van der Waals surface area contributed by atoms with Crippen LogP contribution in [0.25, 0.3) is 0 Å². The maximum Gasteiger partial charge on any atom is 0.335 e. The van der Waals surface area contributed by atoms with E-state index < -0.39 is 23.4 Å². The van der Waals surface area contributed by atoms with Gasteiger partial charge < -0.3 is 15.5 Å². The van der Waals surface area contributed by atoms with Crippen LogP contribution >= 0.6 is 11.6 Å². The number of carbonyl (C=O) groups excluding carboxylic acids is 1. The summed E-state index contributed by atoms with van der Waals surface area (Å²) in [6, 6.07) is 6.88. The van der Waals surface area contributed by atoms with Crippen molar-refractivity contribution < 1.29 is 24.2 Å². The van der Waals surface area contributed by atoms with Crippen LogP contribution in [0.2, 0.25) is 5.02 Å². The summed E-state index contributed by atoms with van der Waals surface area (Å²) < 4.78 is 13.5. The highest BCUT2D eigenvalue weighted by atomic mass is 35.5. The van der Waals surface area contributed by atoms with Crippen molar-refractivity contribution in [3.8, 4) is 5.75 Å². The van der Waals surface area contributed by atoms with Crippen molar-refractivity contribution in [2.24, 2.45) is 0 Å². The number of carboxylic acid groups (broad SMARTS) is 1. The lowest BCUT2D eigenvalue weighted by Crippen LogP contribution is -2.14. The average molecular weight is 310 g/mol. The van der Waals surface area contributed by atoms with Gasteiger partial charge in [0.15, 0.2) is 0 Å². The van der Waals surface area contributed by atoms with Crippen molar-refractivity contribution in [2.75, 3.05) is 5.32 Å². The Morgan fingerprint density at radius 2 is 1.86 bits per heavy atom. The quantitative estimate of drug-likeness (QED) is 0.760. The van der Waals surface area contributed by atoms with Crippen molar-refractivity contribution in [3.63, 3.8) is 0 Å². The molecule has 0 aliphatic heterocycles. The summed E-state index contributed by atoms with van der Waals surface area (Å²) in [7, 11) is 0. The monoisotopic (exact) mass is 309 g/mol. The lowest BCUT2D eigenvalue weighted by Gasteiger charge is -2.09. The number of hydrogen-bond donors (Lipinski definition) is 3. The van der Waals surface area contributed by atoms with Crippen LogP contribution in [0.5, 0.6) is 5.75 Å². The van der Waals surface area contributed by atoms with Crippen LogP contribution in [0.1, 0.15) is 20.7 Å². The van der Waals surface area contributed by atoms with Gasteiger partial charge in [-0.05, 0) is 36.4 Å². The molecule has 0 radical (unpaired) electrons. The number of aromatic hydroxyl groups is 1. The van der Waals surface area contributed by atoms with Gasteiger partial charge in [-0.25, -0.2) is 9.18 Å². The van der Waals surface area contributed by atoms with E-state index in [4.69, 9.17) is 16.7 Å². The van der Waals surface area contributed by atoms with Crippen LogP contribution in [0.15, 0.2) is 36.4 Å². The molecule has 1 amide bonds. The Morgan fingerprint density at radius 1 is 1.14 bits per heavy atom. The molecule has 0 unspecified atom stereocenters. The molecule has 0 aromatic heterocycles. The molecule has 21 heavy (non-hydrogen) atoms. The number of rotatable bonds is 3. The second-order valence-electron chi connectivity index (χ2n) is 4.12. The van der Waals surface area contributed by atoms with Crippen LogP contribution in [0.4, 0.5) is 10.1 Å². The Bertz CT molecular complexity index is 733. The molecule has 108 valence electrons. The Hall–Kier alpha value is -2.60. The largest absolute Gasteiger partial charge is 0.506 e. The Balaban J connectivity index is 2.27. The van der Waals surface area contributed by atoms with Crippen LogP contribution < -0.4 is 5.32 Å². The third-order valence-electron chi connectivity index (χ3n) is 2.67. The minimum Gasteiger partial charge on any atom is -0.506 e. The Morgan fingerprint density at radius 3 is 2.48 bits per heavy atom. The fraction of sp³-hybridized carbons (Fsp3) is 0. The number of phenolic OH excluding ortho intramolecular Hbond substituents is 1. The summed E-state index contributed by atoms with van der Waals surface area (Å²) >= 11 is 5.69. The predicted molar refractivity (Wildman–Crippen MR) is 74.4 cm³/mol. The van der Waals surface area contributed by atoms with Gasteiger partial charge in [-0.1, -0.05) is 11.6 Å². The first kappa shape index (κ1) is 14.8. The van der Waals surface area contributed by atoms with Crippen LogP contribution in [0.3, 0.4) is 0 Å². The summed E-state index contributed by atoms with van der Waals surface area (Å²) in [5.74, 6) is -3.23. The summed E-state index contributed by atoms with van der Waals surface area (Å²) in [5.41, 5.74) is -0.465. The topological polar surface area (TPSA) is 86.6 Å². The highest BCUT2D eigenvalue weighted by Gasteiger charge is 2.15. The number of halogens is 2. The first-order chi connectivity index (χ1) is 9.88. The molecule has 2 aromatic rings. The zero-order valence-electron chi connectivity index (χ0n) is 10.4. The summed E-state index contributed by atoms with van der Waals surface area (Å²) in [6.45, 7) is 0. The third kappa shape index (κ3) is 3.29. The van der Waals surface area contributed by atoms with Crippen molar-refractivity contribution in [1.82, 2.24) is 0 Å². The molecule has 5 nitrogen and oxygen atoms in total.